The van der Waals surface area contributed by atoms with Crippen molar-refractivity contribution in [1.82, 2.24) is 0 Å². The van der Waals surface area contributed by atoms with E-state index in [1.54, 1.807) is 87.5 Å². The van der Waals surface area contributed by atoms with Crippen LogP contribution in [0.3, 0.4) is 0 Å². The molecule has 3 heteroatoms. The Morgan fingerprint density at radius 1 is 0.227 bits per heavy atom. The minimum atomic E-state index is -1.84. The number of aryl methyl sites for hydroxylation is 8. The zero-order valence-corrected chi connectivity index (χ0v) is 53.5. The summed E-state index contributed by atoms with van der Waals surface area (Å²) < 4.78 is 9.16. The normalized spacial score (nSPS) is 11.8. The lowest BCUT2D eigenvalue weighted by Gasteiger charge is -2.32. The van der Waals surface area contributed by atoms with Crippen molar-refractivity contribution in [3.63, 3.8) is 0 Å². The van der Waals surface area contributed by atoms with E-state index in [1.807, 2.05) is 0 Å². The molecule has 0 fully saturated rings. The predicted octanol–water partition coefficient (Wildman–Crippen LogP) is 18.7. The molecule has 0 saturated carbocycles. The number of hydrogen-bond donors (Lipinski definition) is 0. The van der Waals surface area contributed by atoms with Crippen LogP contribution in [0.15, 0.2) is 48.5 Å². The van der Waals surface area contributed by atoms with Crippen LogP contribution >= 0.6 is 0 Å². The van der Waals surface area contributed by atoms with Gasteiger partial charge >= 0.3 is 0 Å². The summed E-state index contributed by atoms with van der Waals surface area (Å²) in [6.07, 6.45) is 43.6. The standard InChI is InChI=1S/C72H116OSi2/c1-13-25-37-57-49-61(41-29-17-5)65(45-33-21-9)69(53-57)74(70-54-58(38-26-14-2)50-62(42-30-18-6)66(70)46-34-22-10)73-75(71-55-59(39-27-15-3)51-63(43-31-19-7)67(71)47-35-23-11)72-56-60(40-28-16-4)52-64(44-32-20-8)68(72)48-36-24-12/h49-56H,13-48H2,1-12H3. The summed E-state index contributed by atoms with van der Waals surface area (Å²) in [5.41, 5.74) is 19.6. The van der Waals surface area contributed by atoms with Crippen molar-refractivity contribution in [2.24, 2.45) is 0 Å². The maximum Gasteiger partial charge on any atom is 0.273 e. The second-order valence-corrected chi connectivity index (χ2v) is 27.4. The van der Waals surface area contributed by atoms with Crippen LogP contribution in [0.1, 0.15) is 304 Å². The predicted molar refractivity (Wildman–Crippen MR) is 340 cm³/mol. The first-order chi connectivity index (χ1) is 36.7. The molecule has 0 amide bonds. The molecule has 0 N–H and O–H groups in total. The van der Waals surface area contributed by atoms with Gasteiger partial charge < -0.3 is 4.12 Å². The van der Waals surface area contributed by atoms with Crippen LogP contribution in [-0.4, -0.2) is 18.1 Å². The van der Waals surface area contributed by atoms with Crippen LogP contribution in [0.5, 0.6) is 0 Å². The Morgan fingerprint density at radius 2 is 0.400 bits per heavy atom. The van der Waals surface area contributed by atoms with E-state index in [0.717, 1.165) is 51.4 Å². The van der Waals surface area contributed by atoms with Crippen molar-refractivity contribution < 1.29 is 4.12 Å². The third kappa shape index (κ3) is 20.5. The Kier molecular flexibility index (Phi) is 32.8. The fourth-order valence-corrected chi connectivity index (χ4v) is 18.3. The van der Waals surface area contributed by atoms with Crippen molar-refractivity contribution >= 4 is 38.8 Å². The minimum Gasteiger partial charge on any atom is -0.442 e. The van der Waals surface area contributed by atoms with Gasteiger partial charge in [-0.25, -0.2) is 0 Å². The molecule has 0 unspecified atom stereocenters. The lowest BCUT2D eigenvalue weighted by atomic mass is 9.94. The highest BCUT2D eigenvalue weighted by Crippen LogP contribution is 2.27. The average molecular weight is 1050 g/mol. The van der Waals surface area contributed by atoms with Crippen LogP contribution < -0.4 is 20.7 Å². The monoisotopic (exact) mass is 1050 g/mol. The van der Waals surface area contributed by atoms with Gasteiger partial charge in [0, 0.05) is 0 Å². The molecule has 4 rings (SSSR count). The van der Waals surface area contributed by atoms with Crippen LogP contribution in [0.25, 0.3) is 0 Å². The molecule has 4 aromatic carbocycles. The fraction of sp³-hybridized carbons (Fsp3) is 0.667. The highest BCUT2D eigenvalue weighted by molar-refractivity contribution is 6.92. The molecule has 0 spiro atoms. The second-order valence-electron chi connectivity index (χ2n) is 23.1. The highest BCUT2D eigenvalue weighted by atomic mass is 28.4. The molecule has 0 aromatic heterocycles. The molecule has 0 aliphatic rings. The first kappa shape index (κ1) is 64.8. The first-order valence-electron chi connectivity index (χ1n) is 32.8. The molecule has 418 valence electrons. The molecule has 0 heterocycles. The van der Waals surface area contributed by atoms with E-state index in [9.17, 15) is 0 Å². The SMILES string of the molecule is CCCCc1cc(CCCC)c(CCCC)c([Si](O[Si](c2cc(CCCC)cc(CCCC)c2CCCC)c2cc(CCCC)cc(CCCC)c2CCCC)c2cc(CCCC)cc(CCCC)c2CCCC)c1. The van der Waals surface area contributed by atoms with Gasteiger partial charge in [0.15, 0.2) is 0 Å². The van der Waals surface area contributed by atoms with E-state index in [2.05, 4.69) is 132 Å². The van der Waals surface area contributed by atoms with Crippen molar-refractivity contribution in [1.29, 1.82) is 0 Å². The van der Waals surface area contributed by atoms with E-state index >= 15 is 0 Å². The average Bonchev–Trinajstić information content (AvgIpc) is 3.43. The summed E-state index contributed by atoms with van der Waals surface area (Å²) in [5.74, 6) is 0. The zero-order chi connectivity index (χ0) is 54.2. The Labute approximate surface area is 469 Å². The third-order valence-corrected chi connectivity index (χ3v) is 21.8. The Bertz CT molecular complexity index is 1880. The van der Waals surface area contributed by atoms with Crippen molar-refractivity contribution in [2.75, 3.05) is 0 Å². The van der Waals surface area contributed by atoms with Crippen LogP contribution in [-0.2, 0) is 81.2 Å². The van der Waals surface area contributed by atoms with Gasteiger partial charge in [-0.2, -0.15) is 0 Å². The zero-order valence-electron chi connectivity index (χ0n) is 51.5. The molecule has 0 atom stereocenters. The van der Waals surface area contributed by atoms with Crippen LogP contribution in [0, 0.1) is 0 Å². The quantitative estimate of drug-likeness (QED) is 0.0402. The number of hydrogen-bond acceptors (Lipinski definition) is 1. The number of rotatable bonds is 42. The summed E-state index contributed by atoms with van der Waals surface area (Å²) in [5, 5.41) is 6.53. The largest absolute Gasteiger partial charge is 0.442 e. The molecular weight excluding hydrogens is 937 g/mol. The van der Waals surface area contributed by atoms with Crippen molar-refractivity contribution in [3.05, 3.63) is 115 Å². The third-order valence-electron chi connectivity index (χ3n) is 16.4. The summed E-state index contributed by atoms with van der Waals surface area (Å²) in [6, 6.07) is 22.0. The number of unbranched alkanes of at least 4 members (excludes halogenated alkanes) is 12. The Hall–Kier alpha value is -2.73. The molecule has 4 aromatic rings. The van der Waals surface area contributed by atoms with E-state index < -0.39 is 18.1 Å². The van der Waals surface area contributed by atoms with Gasteiger partial charge in [-0.15, -0.1) is 0 Å². The minimum absolute atomic E-state index is 1.16. The summed E-state index contributed by atoms with van der Waals surface area (Å²) >= 11 is 0. The maximum atomic E-state index is 9.16. The van der Waals surface area contributed by atoms with Gasteiger partial charge in [-0.05, 0) is 242 Å². The van der Waals surface area contributed by atoms with E-state index in [4.69, 9.17) is 4.12 Å². The van der Waals surface area contributed by atoms with E-state index in [0.29, 0.717) is 0 Å². The summed E-state index contributed by atoms with van der Waals surface area (Å²) in [4.78, 5) is 0. The molecule has 0 saturated heterocycles. The van der Waals surface area contributed by atoms with Gasteiger partial charge in [-0.1, -0.05) is 209 Å². The van der Waals surface area contributed by atoms with E-state index in [-0.39, 0.29) is 0 Å². The Morgan fingerprint density at radius 3 is 0.587 bits per heavy atom. The summed E-state index contributed by atoms with van der Waals surface area (Å²) in [7, 11) is -3.69. The van der Waals surface area contributed by atoms with Crippen LogP contribution in [0.4, 0.5) is 0 Å². The number of benzene rings is 4. The van der Waals surface area contributed by atoms with Gasteiger partial charge in [0.25, 0.3) is 18.1 Å². The van der Waals surface area contributed by atoms with Gasteiger partial charge in [0.1, 0.15) is 0 Å². The molecule has 0 aliphatic carbocycles. The maximum absolute atomic E-state index is 9.16. The lowest BCUT2D eigenvalue weighted by Crippen LogP contribution is -2.59. The fourth-order valence-electron chi connectivity index (χ4n) is 11.7. The molecule has 0 bridgehead atoms. The first-order valence-corrected chi connectivity index (χ1v) is 35.6. The van der Waals surface area contributed by atoms with Crippen molar-refractivity contribution in [2.45, 2.75) is 314 Å². The smallest absolute Gasteiger partial charge is 0.273 e. The summed E-state index contributed by atoms with van der Waals surface area (Å²) in [6.45, 7) is 28.8. The molecular formula is C72H116OSi2. The van der Waals surface area contributed by atoms with Gasteiger partial charge in [-0.3, -0.25) is 0 Å². The Balaban J connectivity index is 2.44. The highest BCUT2D eigenvalue weighted by Gasteiger charge is 2.36. The molecule has 0 aliphatic heterocycles. The van der Waals surface area contributed by atoms with Crippen molar-refractivity contribution in [3.8, 4) is 0 Å². The molecule has 75 heavy (non-hydrogen) atoms. The van der Waals surface area contributed by atoms with Gasteiger partial charge in [0.05, 0.1) is 0 Å². The molecule has 2 radical (unpaired) electrons. The second kappa shape index (κ2) is 38.0. The van der Waals surface area contributed by atoms with Gasteiger partial charge in [0.2, 0.25) is 0 Å². The molecule has 1 nitrogen and oxygen atoms in total. The van der Waals surface area contributed by atoms with Crippen LogP contribution in [0.2, 0.25) is 0 Å². The topological polar surface area (TPSA) is 9.23 Å². The van der Waals surface area contributed by atoms with E-state index in [1.165, 1.54) is 180 Å². The lowest BCUT2D eigenvalue weighted by molar-refractivity contribution is 0.627.